The molecule has 0 bridgehead atoms. The van der Waals surface area contributed by atoms with Crippen LogP contribution in [0.4, 0.5) is 5.69 Å². The van der Waals surface area contributed by atoms with Gasteiger partial charge >= 0.3 is 0 Å². The van der Waals surface area contributed by atoms with E-state index in [9.17, 15) is 10.1 Å². The summed E-state index contributed by atoms with van der Waals surface area (Å²) in [5, 5.41) is 10.5. The SMILES string of the molecule is CC1=CC=CCC1c1ccc([N+](=O)[O-])cc1. The van der Waals surface area contributed by atoms with E-state index in [1.54, 1.807) is 12.1 Å². The second-order valence-corrected chi connectivity index (χ2v) is 3.98. The van der Waals surface area contributed by atoms with Crippen LogP contribution < -0.4 is 0 Å². The number of rotatable bonds is 2. The lowest BCUT2D eigenvalue weighted by atomic mass is 9.86. The molecule has 82 valence electrons. The van der Waals surface area contributed by atoms with Gasteiger partial charge in [0.2, 0.25) is 0 Å². The molecule has 1 unspecified atom stereocenters. The fraction of sp³-hybridized carbons (Fsp3) is 0.231. The second-order valence-electron chi connectivity index (χ2n) is 3.98. The molecule has 0 N–H and O–H groups in total. The zero-order valence-corrected chi connectivity index (χ0v) is 9.09. The van der Waals surface area contributed by atoms with Crippen molar-refractivity contribution in [2.75, 3.05) is 0 Å². The van der Waals surface area contributed by atoms with E-state index >= 15 is 0 Å². The maximum Gasteiger partial charge on any atom is 0.269 e. The molecule has 0 saturated carbocycles. The van der Waals surface area contributed by atoms with E-state index in [1.807, 2.05) is 12.1 Å². The molecule has 0 spiro atoms. The van der Waals surface area contributed by atoms with Crippen LogP contribution in [0.3, 0.4) is 0 Å². The predicted octanol–water partition coefficient (Wildman–Crippen LogP) is 3.58. The normalized spacial score (nSPS) is 19.3. The summed E-state index contributed by atoms with van der Waals surface area (Å²) in [7, 11) is 0. The second kappa shape index (κ2) is 4.31. The third kappa shape index (κ3) is 2.03. The van der Waals surface area contributed by atoms with Gasteiger partial charge in [-0.25, -0.2) is 0 Å². The van der Waals surface area contributed by atoms with Crippen LogP contribution in [0.2, 0.25) is 0 Å². The van der Waals surface area contributed by atoms with Gasteiger partial charge in [0.15, 0.2) is 0 Å². The van der Waals surface area contributed by atoms with E-state index in [0.717, 1.165) is 12.0 Å². The van der Waals surface area contributed by atoms with Crippen LogP contribution in [0.15, 0.2) is 48.1 Å². The molecule has 2 rings (SSSR count). The lowest BCUT2D eigenvalue weighted by Gasteiger charge is -2.18. The number of allylic oxidation sites excluding steroid dienone is 4. The van der Waals surface area contributed by atoms with Crippen LogP contribution in [0.25, 0.3) is 0 Å². The Kier molecular flexibility index (Phi) is 2.86. The van der Waals surface area contributed by atoms with Crippen LogP contribution in [-0.4, -0.2) is 4.92 Å². The Morgan fingerprint density at radius 3 is 2.56 bits per heavy atom. The van der Waals surface area contributed by atoms with Crippen LogP contribution in [0, 0.1) is 10.1 Å². The maximum atomic E-state index is 10.5. The number of non-ortho nitro benzene ring substituents is 1. The fourth-order valence-corrected chi connectivity index (χ4v) is 1.96. The summed E-state index contributed by atoms with van der Waals surface area (Å²) in [4.78, 5) is 10.2. The fourth-order valence-electron chi connectivity index (χ4n) is 1.96. The van der Waals surface area contributed by atoms with E-state index in [0.29, 0.717) is 5.92 Å². The monoisotopic (exact) mass is 215 g/mol. The number of hydrogen-bond donors (Lipinski definition) is 0. The molecule has 3 heteroatoms. The van der Waals surface area contributed by atoms with E-state index in [-0.39, 0.29) is 10.6 Å². The van der Waals surface area contributed by atoms with Gasteiger partial charge in [-0.3, -0.25) is 10.1 Å². The molecule has 0 aliphatic heterocycles. The highest BCUT2D eigenvalue weighted by Crippen LogP contribution is 2.31. The standard InChI is InChI=1S/C13H13NO2/c1-10-4-2-3-5-13(10)11-6-8-12(9-7-11)14(15)16/h2-4,6-9,13H,5H2,1H3. The lowest BCUT2D eigenvalue weighted by molar-refractivity contribution is -0.384. The van der Waals surface area contributed by atoms with Gasteiger partial charge in [0.25, 0.3) is 5.69 Å². The first-order chi connectivity index (χ1) is 7.68. The Labute approximate surface area is 94.3 Å². The summed E-state index contributed by atoms with van der Waals surface area (Å²) < 4.78 is 0. The van der Waals surface area contributed by atoms with E-state index in [4.69, 9.17) is 0 Å². The van der Waals surface area contributed by atoms with E-state index in [1.165, 1.54) is 5.57 Å². The highest BCUT2D eigenvalue weighted by Gasteiger charge is 2.15. The summed E-state index contributed by atoms with van der Waals surface area (Å²) in [6.07, 6.45) is 7.24. The molecule has 0 fully saturated rings. The van der Waals surface area contributed by atoms with Gasteiger partial charge in [-0.1, -0.05) is 35.9 Å². The summed E-state index contributed by atoms with van der Waals surface area (Å²) in [5.74, 6) is 0.366. The molecule has 1 aromatic rings. The van der Waals surface area contributed by atoms with Gasteiger partial charge < -0.3 is 0 Å². The van der Waals surface area contributed by atoms with Gasteiger partial charge in [0.05, 0.1) is 4.92 Å². The molecule has 3 nitrogen and oxygen atoms in total. The molecule has 0 aromatic heterocycles. The molecule has 1 aromatic carbocycles. The molecule has 1 aliphatic carbocycles. The quantitative estimate of drug-likeness (QED) is 0.559. The van der Waals surface area contributed by atoms with Gasteiger partial charge in [0, 0.05) is 18.1 Å². The van der Waals surface area contributed by atoms with Gasteiger partial charge in [0.1, 0.15) is 0 Å². The Balaban J connectivity index is 2.25. The molecular weight excluding hydrogens is 202 g/mol. The van der Waals surface area contributed by atoms with Crippen molar-refractivity contribution in [2.45, 2.75) is 19.3 Å². The first kappa shape index (κ1) is 10.6. The van der Waals surface area contributed by atoms with E-state index in [2.05, 4.69) is 25.2 Å². The lowest BCUT2D eigenvalue weighted by Crippen LogP contribution is -2.02. The highest BCUT2D eigenvalue weighted by atomic mass is 16.6. The zero-order chi connectivity index (χ0) is 11.5. The Hall–Kier alpha value is -1.90. The summed E-state index contributed by atoms with van der Waals surface area (Å²) in [6.45, 7) is 2.09. The molecule has 0 amide bonds. The minimum atomic E-state index is -0.368. The Bertz CT molecular complexity index is 457. The van der Waals surface area contributed by atoms with Gasteiger partial charge in [-0.05, 0) is 18.9 Å². The van der Waals surface area contributed by atoms with Crippen molar-refractivity contribution in [3.8, 4) is 0 Å². The zero-order valence-electron chi connectivity index (χ0n) is 9.09. The summed E-state index contributed by atoms with van der Waals surface area (Å²) in [6, 6.07) is 6.83. The topological polar surface area (TPSA) is 43.1 Å². The molecule has 0 saturated heterocycles. The van der Waals surface area contributed by atoms with Crippen molar-refractivity contribution < 1.29 is 4.92 Å². The van der Waals surface area contributed by atoms with Gasteiger partial charge in [-0.2, -0.15) is 0 Å². The molecule has 1 atom stereocenters. The van der Waals surface area contributed by atoms with Crippen molar-refractivity contribution in [2.24, 2.45) is 0 Å². The number of benzene rings is 1. The number of nitro benzene ring substituents is 1. The number of nitrogens with zero attached hydrogens (tertiary/aromatic N) is 1. The average Bonchev–Trinajstić information content (AvgIpc) is 2.30. The molecular formula is C13H13NO2. The largest absolute Gasteiger partial charge is 0.269 e. The molecule has 0 heterocycles. The van der Waals surface area contributed by atoms with Crippen LogP contribution >= 0.6 is 0 Å². The first-order valence-electron chi connectivity index (χ1n) is 5.26. The minimum absolute atomic E-state index is 0.150. The first-order valence-corrected chi connectivity index (χ1v) is 5.26. The number of hydrogen-bond acceptors (Lipinski definition) is 2. The van der Waals surface area contributed by atoms with Crippen LogP contribution in [-0.2, 0) is 0 Å². The maximum absolute atomic E-state index is 10.5. The average molecular weight is 215 g/mol. The van der Waals surface area contributed by atoms with Crippen molar-refractivity contribution in [3.63, 3.8) is 0 Å². The highest BCUT2D eigenvalue weighted by molar-refractivity contribution is 5.39. The van der Waals surface area contributed by atoms with E-state index < -0.39 is 0 Å². The molecule has 1 aliphatic rings. The Morgan fingerprint density at radius 2 is 2.00 bits per heavy atom. The van der Waals surface area contributed by atoms with Crippen LogP contribution in [0.1, 0.15) is 24.8 Å². The summed E-state index contributed by atoms with van der Waals surface area (Å²) >= 11 is 0. The third-order valence-corrected chi connectivity index (χ3v) is 2.92. The van der Waals surface area contributed by atoms with Crippen molar-refractivity contribution in [3.05, 3.63) is 63.7 Å². The summed E-state index contributed by atoms with van der Waals surface area (Å²) in [5.41, 5.74) is 2.59. The van der Waals surface area contributed by atoms with Crippen molar-refractivity contribution in [1.29, 1.82) is 0 Å². The van der Waals surface area contributed by atoms with Gasteiger partial charge in [-0.15, -0.1) is 0 Å². The molecule has 0 radical (unpaired) electrons. The smallest absolute Gasteiger partial charge is 0.258 e. The third-order valence-electron chi connectivity index (χ3n) is 2.92. The predicted molar refractivity (Wildman–Crippen MR) is 63.4 cm³/mol. The Morgan fingerprint density at radius 1 is 1.31 bits per heavy atom. The minimum Gasteiger partial charge on any atom is -0.258 e. The van der Waals surface area contributed by atoms with Crippen LogP contribution in [0.5, 0.6) is 0 Å². The van der Waals surface area contributed by atoms with Crippen molar-refractivity contribution in [1.82, 2.24) is 0 Å². The number of nitro groups is 1. The van der Waals surface area contributed by atoms with Crippen molar-refractivity contribution >= 4 is 5.69 Å². The molecule has 16 heavy (non-hydrogen) atoms.